The quantitative estimate of drug-likeness (QED) is 0.708. The van der Waals surface area contributed by atoms with E-state index in [-0.39, 0.29) is 0 Å². The van der Waals surface area contributed by atoms with Gasteiger partial charge in [-0.25, -0.2) is 4.57 Å². The lowest BCUT2D eigenvalue weighted by Gasteiger charge is -1.93. The van der Waals surface area contributed by atoms with Gasteiger partial charge in [0.05, 0.1) is 19.7 Å². The highest BCUT2D eigenvalue weighted by molar-refractivity contribution is 9.10. The molecular formula is C10H11BrN3+. The maximum atomic E-state index is 4.37. The van der Waals surface area contributed by atoms with E-state index in [2.05, 4.69) is 21.0 Å². The van der Waals surface area contributed by atoms with E-state index in [1.807, 2.05) is 49.3 Å². The molecule has 72 valence electrons. The van der Waals surface area contributed by atoms with Gasteiger partial charge in [0.25, 0.3) is 0 Å². The highest BCUT2D eigenvalue weighted by Gasteiger charge is 2.13. The van der Waals surface area contributed by atoms with Crippen molar-refractivity contribution in [2.75, 3.05) is 0 Å². The third-order valence-electron chi connectivity index (χ3n) is 2.03. The minimum absolute atomic E-state index is 0.972. The van der Waals surface area contributed by atoms with Crippen molar-refractivity contribution in [2.45, 2.75) is 0 Å². The molecule has 0 fully saturated rings. The fourth-order valence-electron chi connectivity index (χ4n) is 1.41. The monoisotopic (exact) mass is 252 g/mol. The van der Waals surface area contributed by atoms with Gasteiger partial charge >= 0.3 is 5.82 Å². The summed E-state index contributed by atoms with van der Waals surface area (Å²) in [5.41, 5.74) is 1.12. The number of rotatable bonds is 1. The average molecular weight is 253 g/mol. The summed E-state index contributed by atoms with van der Waals surface area (Å²) in [5.74, 6) is 0.972. The molecule has 1 aromatic carbocycles. The highest BCUT2D eigenvalue weighted by Crippen LogP contribution is 2.16. The fourth-order valence-corrected chi connectivity index (χ4v) is 1.68. The van der Waals surface area contributed by atoms with Crippen LogP contribution in [0.1, 0.15) is 0 Å². The topological polar surface area (TPSA) is 21.7 Å². The van der Waals surface area contributed by atoms with Gasteiger partial charge in [0.15, 0.2) is 0 Å². The zero-order valence-corrected chi connectivity index (χ0v) is 9.69. The Kier molecular flexibility index (Phi) is 2.37. The maximum absolute atomic E-state index is 4.37. The van der Waals surface area contributed by atoms with Crippen molar-refractivity contribution >= 4 is 15.9 Å². The molecule has 14 heavy (non-hydrogen) atoms. The Hall–Kier alpha value is -1.16. The van der Waals surface area contributed by atoms with E-state index in [0.717, 1.165) is 15.9 Å². The predicted molar refractivity (Wildman–Crippen MR) is 57.5 cm³/mol. The molecular weight excluding hydrogens is 242 g/mol. The molecule has 0 saturated heterocycles. The molecule has 1 aromatic heterocycles. The molecule has 0 aliphatic heterocycles. The van der Waals surface area contributed by atoms with Crippen molar-refractivity contribution in [3.05, 3.63) is 35.1 Å². The third-order valence-corrected chi connectivity index (χ3v) is 2.56. The third kappa shape index (κ3) is 1.70. The molecule has 2 rings (SSSR count). The zero-order chi connectivity index (χ0) is 10.1. The van der Waals surface area contributed by atoms with Gasteiger partial charge in [-0.05, 0) is 24.3 Å². The van der Waals surface area contributed by atoms with Crippen LogP contribution in [0.5, 0.6) is 0 Å². The fraction of sp³-hybridized carbons (Fsp3) is 0.200. The molecule has 0 saturated carbocycles. The number of benzene rings is 1. The van der Waals surface area contributed by atoms with E-state index >= 15 is 0 Å². The molecule has 1 heterocycles. The Bertz CT molecular complexity index is 445. The summed E-state index contributed by atoms with van der Waals surface area (Å²) in [7, 11) is 3.91. The van der Waals surface area contributed by atoms with E-state index in [4.69, 9.17) is 0 Å². The van der Waals surface area contributed by atoms with E-state index in [1.165, 1.54) is 0 Å². The molecule has 4 heteroatoms. The van der Waals surface area contributed by atoms with Crippen molar-refractivity contribution in [3.8, 4) is 11.4 Å². The summed E-state index contributed by atoms with van der Waals surface area (Å²) in [5, 5.41) is 4.37. The van der Waals surface area contributed by atoms with Gasteiger partial charge in [0.2, 0.25) is 6.33 Å². The van der Waals surface area contributed by atoms with Gasteiger partial charge in [-0.1, -0.05) is 15.9 Å². The van der Waals surface area contributed by atoms with Crippen molar-refractivity contribution in [3.63, 3.8) is 0 Å². The number of aryl methyl sites for hydroxylation is 2. The maximum Gasteiger partial charge on any atom is 0.308 e. The first-order chi connectivity index (χ1) is 6.66. The Morgan fingerprint density at radius 3 is 2.43 bits per heavy atom. The summed E-state index contributed by atoms with van der Waals surface area (Å²) in [6.45, 7) is 0. The van der Waals surface area contributed by atoms with Gasteiger partial charge in [-0.3, -0.25) is 0 Å². The Balaban J connectivity index is 2.49. The molecule has 0 bridgehead atoms. The highest BCUT2D eigenvalue weighted by atomic mass is 79.9. The van der Waals surface area contributed by atoms with Crippen LogP contribution in [0.3, 0.4) is 0 Å². The van der Waals surface area contributed by atoms with Crippen LogP contribution < -0.4 is 4.57 Å². The number of aromatic nitrogens is 3. The molecule has 0 aliphatic rings. The average Bonchev–Trinajstić information content (AvgIpc) is 2.47. The summed E-state index contributed by atoms with van der Waals surface area (Å²) < 4.78 is 4.89. The second-order valence-corrected chi connectivity index (χ2v) is 4.15. The zero-order valence-electron chi connectivity index (χ0n) is 8.11. The van der Waals surface area contributed by atoms with Crippen LogP contribution in [-0.4, -0.2) is 9.78 Å². The van der Waals surface area contributed by atoms with Gasteiger partial charge in [-0.15, -0.1) is 4.68 Å². The first kappa shape index (κ1) is 9.40. The lowest BCUT2D eigenvalue weighted by atomic mass is 10.2. The molecule has 3 nitrogen and oxygen atoms in total. The second-order valence-electron chi connectivity index (χ2n) is 3.23. The number of hydrogen-bond donors (Lipinski definition) is 0. The van der Waals surface area contributed by atoms with Gasteiger partial charge in [0.1, 0.15) is 0 Å². The summed E-state index contributed by atoms with van der Waals surface area (Å²) >= 11 is 3.41. The van der Waals surface area contributed by atoms with Gasteiger partial charge < -0.3 is 0 Å². The van der Waals surface area contributed by atoms with Crippen molar-refractivity contribution in [2.24, 2.45) is 14.1 Å². The Morgan fingerprint density at radius 2 is 1.93 bits per heavy atom. The number of halogens is 1. The standard InChI is InChI=1S/C10H11BrN3/c1-13-7-14(2)12-10(13)8-3-5-9(11)6-4-8/h3-7H,1-2H3/q+1. The summed E-state index contributed by atoms with van der Waals surface area (Å²) in [6.07, 6.45) is 1.94. The minimum Gasteiger partial charge on any atom is -0.233 e. The predicted octanol–water partition coefficient (Wildman–Crippen LogP) is 1.67. The van der Waals surface area contributed by atoms with Crippen LogP contribution in [0.2, 0.25) is 0 Å². The SMILES string of the molecule is Cn1c[n+](C)c(-c2ccc(Br)cc2)n1. The van der Waals surface area contributed by atoms with E-state index < -0.39 is 0 Å². The van der Waals surface area contributed by atoms with Crippen LogP contribution >= 0.6 is 15.9 Å². The largest absolute Gasteiger partial charge is 0.308 e. The van der Waals surface area contributed by atoms with Gasteiger partial charge in [0, 0.05) is 9.57 Å². The first-order valence-electron chi connectivity index (χ1n) is 4.32. The van der Waals surface area contributed by atoms with Crippen LogP contribution in [0.15, 0.2) is 35.1 Å². The van der Waals surface area contributed by atoms with E-state index in [1.54, 1.807) is 4.68 Å². The van der Waals surface area contributed by atoms with Gasteiger partial charge in [-0.2, -0.15) is 0 Å². The second kappa shape index (κ2) is 3.53. The molecule has 0 unspecified atom stereocenters. The number of hydrogen-bond acceptors (Lipinski definition) is 1. The molecule has 0 amide bonds. The lowest BCUT2D eigenvalue weighted by Crippen LogP contribution is -2.27. The Morgan fingerprint density at radius 1 is 1.29 bits per heavy atom. The summed E-state index contributed by atoms with van der Waals surface area (Å²) in [6, 6.07) is 8.13. The molecule has 0 spiro atoms. The van der Waals surface area contributed by atoms with Crippen LogP contribution in [0.25, 0.3) is 11.4 Å². The molecule has 0 radical (unpaired) electrons. The molecule has 0 N–H and O–H groups in total. The van der Waals surface area contributed by atoms with Crippen LogP contribution in [-0.2, 0) is 14.1 Å². The smallest absolute Gasteiger partial charge is 0.233 e. The van der Waals surface area contributed by atoms with E-state index in [9.17, 15) is 0 Å². The van der Waals surface area contributed by atoms with E-state index in [0.29, 0.717) is 0 Å². The number of nitrogens with zero attached hydrogens (tertiary/aromatic N) is 3. The minimum atomic E-state index is 0.972. The van der Waals surface area contributed by atoms with Crippen molar-refractivity contribution in [1.82, 2.24) is 9.78 Å². The van der Waals surface area contributed by atoms with Crippen molar-refractivity contribution < 1.29 is 4.57 Å². The van der Waals surface area contributed by atoms with Crippen LogP contribution in [0, 0.1) is 0 Å². The molecule has 2 aromatic rings. The first-order valence-corrected chi connectivity index (χ1v) is 5.11. The molecule has 0 aliphatic carbocycles. The Labute approximate surface area is 91.1 Å². The lowest BCUT2D eigenvalue weighted by molar-refractivity contribution is -0.661. The van der Waals surface area contributed by atoms with Crippen LogP contribution in [0.4, 0.5) is 0 Å². The summed E-state index contributed by atoms with van der Waals surface area (Å²) in [4.78, 5) is 0. The normalized spacial score (nSPS) is 10.5. The molecule has 0 atom stereocenters. The van der Waals surface area contributed by atoms with Crippen molar-refractivity contribution in [1.29, 1.82) is 0 Å².